The maximum atomic E-state index is 5.76. The predicted molar refractivity (Wildman–Crippen MR) is 48.3 cm³/mol. The van der Waals surface area contributed by atoms with Gasteiger partial charge in [-0.05, 0) is 19.1 Å². The first kappa shape index (κ1) is 8.89. The van der Waals surface area contributed by atoms with Gasteiger partial charge in [-0.25, -0.2) is 4.98 Å². The van der Waals surface area contributed by atoms with Crippen LogP contribution in [0.4, 0.5) is 0 Å². The molecule has 0 bridgehead atoms. The summed E-state index contributed by atoms with van der Waals surface area (Å²) >= 11 is 5.76. The molecule has 0 unspecified atom stereocenters. The Kier molecular flexibility index (Phi) is 2.95. The summed E-state index contributed by atoms with van der Waals surface area (Å²) in [4.78, 5) is 4.00. The molecule has 0 saturated heterocycles. The number of aromatic nitrogens is 1. The van der Waals surface area contributed by atoms with Crippen molar-refractivity contribution in [2.24, 2.45) is 0 Å². The van der Waals surface area contributed by atoms with Crippen molar-refractivity contribution in [3.05, 3.63) is 23.0 Å². The molecule has 0 atom stereocenters. The predicted octanol–water partition coefficient (Wildman–Crippen LogP) is 2.06. The minimum atomic E-state index is 0.213. The van der Waals surface area contributed by atoms with Crippen LogP contribution in [0.3, 0.4) is 0 Å². The van der Waals surface area contributed by atoms with Gasteiger partial charge in [0.15, 0.2) is 10.9 Å². The van der Waals surface area contributed by atoms with Gasteiger partial charge in [0.2, 0.25) is 0 Å². The van der Waals surface area contributed by atoms with Crippen molar-refractivity contribution in [3.8, 4) is 18.1 Å². The van der Waals surface area contributed by atoms with E-state index in [1.54, 1.807) is 6.07 Å². The zero-order valence-electron chi connectivity index (χ0n) is 6.67. The van der Waals surface area contributed by atoms with Gasteiger partial charge in [-0.15, -0.1) is 6.42 Å². The maximum Gasteiger partial charge on any atom is 0.171 e. The van der Waals surface area contributed by atoms with Gasteiger partial charge in [0, 0.05) is 5.69 Å². The SMILES string of the molecule is C#CCOc1ccc(C)nc1Cl. The number of hydrogen-bond acceptors (Lipinski definition) is 2. The molecule has 12 heavy (non-hydrogen) atoms. The van der Waals surface area contributed by atoms with Crippen molar-refractivity contribution in [1.29, 1.82) is 0 Å². The highest BCUT2D eigenvalue weighted by Crippen LogP contribution is 2.21. The van der Waals surface area contributed by atoms with Crippen LogP contribution in [0.1, 0.15) is 5.69 Å². The number of nitrogens with zero attached hydrogens (tertiary/aromatic N) is 1. The molecule has 0 saturated carbocycles. The van der Waals surface area contributed by atoms with E-state index < -0.39 is 0 Å². The lowest BCUT2D eigenvalue weighted by molar-refractivity contribution is 0.369. The Bertz CT molecular complexity index is 317. The van der Waals surface area contributed by atoms with E-state index in [0.29, 0.717) is 10.9 Å². The van der Waals surface area contributed by atoms with Crippen LogP contribution >= 0.6 is 11.6 Å². The fourth-order valence-corrected chi connectivity index (χ4v) is 0.990. The van der Waals surface area contributed by atoms with E-state index >= 15 is 0 Å². The highest BCUT2D eigenvalue weighted by molar-refractivity contribution is 6.30. The van der Waals surface area contributed by atoms with Crippen molar-refractivity contribution in [1.82, 2.24) is 4.98 Å². The minimum absolute atomic E-state index is 0.213. The average molecular weight is 182 g/mol. The molecule has 1 aromatic rings. The summed E-state index contributed by atoms with van der Waals surface area (Å²) in [6.07, 6.45) is 5.02. The Labute approximate surface area is 76.5 Å². The lowest BCUT2D eigenvalue weighted by atomic mass is 10.4. The summed E-state index contributed by atoms with van der Waals surface area (Å²) in [6.45, 7) is 2.07. The molecule has 62 valence electrons. The number of aryl methyl sites for hydroxylation is 1. The molecule has 0 N–H and O–H groups in total. The monoisotopic (exact) mass is 181 g/mol. The van der Waals surface area contributed by atoms with Gasteiger partial charge in [0.05, 0.1) is 0 Å². The van der Waals surface area contributed by atoms with Crippen LogP contribution in [0.25, 0.3) is 0 Å². The highest BCUT2D eigenvalue weighted by Gasteiger charge is 2.00. The Balaban J connectivity index is 2.81. The summed E-state index contributed by atoms with van der Waals surface area (Å²) in [5.41, 5.74) is 0.855. The van der Waals surface area contributed by atoms with Crippen LogP contribution in [-0.4, -0.2) is 11.6 Å². The second kappa shape index (κ2) is 3.99. The van der Waals surface area contributed by atoms with Crippen LogP contribution in [0, 0.1) is 19.3 Å². The summed E-state index contributed by atoms with van der Waals surface area (Å²) < 4.78 is 5.11. The van der Waals surface area contributed by atoms with Gasteiger partial charge in [-0.3, -0.25) is 0 Å². The van der Waals surface area contributed by atoms with Gasteiger partial charge in [-0.1, -0.05) is 17.5 Å². The molecule has 1 rings (SSSR count). The largest absolute Gasteiger partial charge is 0.478 e. The summed E-state index contributed by atoms with van der Waals surface area (Å²) in [5.74, 6) is 2.88. The number of terminal acetylenes is 1. The molecule has 0 aliphatic heterocycles. The molecule has 0 spiro atoms. The van der Waals surface area contributed by atoms with Gasteiger partial charge in [-0.2, -0.15) is 0 Å². The lowest BCUT2D eigenvalue weighted by Gasteiger charge is -2.03. The molecule has 0 amide bonds. The van der Waals surface area contributed by atoms with Crippen molar-refractivity contribution < 1.29 is 4.74 Å². The highest BCUT2D eigenvalue weighted by atomic mass is 35.5. The zero-order chi connectivity index (χ0) is 8.97. The lowest BCUT2D eigenvalue weighted by Crippen LogP contribution is -1.95. The summed E-state index contributed by atoms with van der Waals surface area (Å²) in [7, 11) is 0. The molecule has 0 fully saturated rings. The van der Waals surface area contributed by atoms with E-state index in [4.69, 9.17) is 22.8 Å². The number of hydrogen-bond donors (Lipinski definition) is 0. The number of halogens is 1. The van der Waals surface area contributed by atoms with Gasteiger partial charge < -0.3 is 4.74 Å². The molecule has 0 aromatic carbocycles. The average Bonchev–Trinajstić information content (AvgIpc) is 2.03. The molecule has 2 nitrogen and oxygen atoms in total. The molecular formula is C9H8ClNO. The number of rotatable bonds is 2. The molecule has 3 heteroatoms. The first-order valence-electron chi connectivity index (χ1n) is 3.43. The van der Waals surface area contributed by atoms with E-state index in [1.807, 2.05) is 13.0 Å². The second-order valence-corrected chi connectivity index (χ2v) is 2.59. The minimum Gasteiger partial charge on any atom is -0.478 e. The van der Waals surface area contributed by atoms with E-state index in [2.05, 4.69) is 10.9 Å². The van der Waals surface area contributed by atoms with Crippen LogP contribution in [-0.2, 0) is 0 Å². The Hall–Kier alpha value is -1.20. The number of pyridine rings is 1. The summed E-state index contributed by atoms with van der Waals surface area (Å²) in [5, 5.41) is 0.352. The van der Waals surface area contributed by atoms with Crippen LogP contribution < -0.4 is 4.74 Å². The third kappa shape index (κ3) is 2.14. The van der Waals surface area contributed by atoms with E-state index in [1.165, 1.54) is 0 Å². The topological polar surface area (TPSA) is 22.1 Å². The Morgan fingerprint density at radius 1 is 1.67 bits per heavy atom. The maximum absolute atomic E-state index is 5.76. The fourth-order valence-electron chi connectivity index (χ4n) is 0.739. The van der Waals surface area contributed by atoms with Gasteiger partial charge in [0.1, 0.15) is 6.61 Å². The van der Waals surface area contributed by atoms with E-state index in [0.717, 1.165) is 5.69 Å². The first-order chi connectivity index (χ1) is 5.74. The van der Waals surface area contributed by atoms with E-state index in [9.17, 15) is 0 Å². The normalized spacial score (nSPS) is 9.08. The van der Waals surface area contributed by atoms with Crippen molar-refractivity contribution in [2.75, 3.05) is 6.61 Å². The van der Waals surface area contributed by atoms with Crippen LogP contribution in [0.2, 0.25) is 5.15 Å². The first-order valence-corrected chi connectivity index (χ1v) is 3.81. The fraction of sp³-hybridized carbons (Fsp3) is 0.222. The molecule has 0 aliphatic rings. The standard InChI is InChI=1S/C9H8ClNO/c1-3-6-12-8-5-4-7(2)11-9(8)10/h1,4-5H,6H2,2H3. The van der Waals surface area contributed by atoms with Crippen LogP contribution in [0.15, 0.2) is 12.1 Å². The number of ether oxygens (including phenoxy) is 1. The molecule has 1 aromatic heterocycles. The van der Waals surface area contributed by atoms with E-state index in [-0.39, 0.29) is 6.61 Å². The Morgan fingerprint density at radius 2 is 2.42 bits per heavy atom. The molecule has 0 aliphatic carbocycles. The Morgan fingerprint density at radius 3 is 3.00 bits per heavy atom. The smallest absolute Gasteiger partial charge is 0.171 e. The van der Waals surface area contributed by atoms with Crippen molar-refractivity contribution >= 4 is 11.6 Å². The quantitative estimate of drug-likeness (QED) is 0.515. The van der Waals surface area contributed by atoms with Crippen molar-refractivity contribution in [3.63, 3.8) is 0 Å². The van der Waals surface area contributed by atoms with Crippen molar-refractivity contribution in [2.45, 2.75) is 6.92 Å². The van der Waals surface area contributed by atoms with Gasteiger partial charge >= 0.3 is 0 Å². The third-order valence-electron chi connectivity index (χ3n) is 1.26. The second-order valence-electron chi connectivity index (χ2n) is 2.23. The molecule has 0 radical (unpaired) electrons. The zero-order valence-corrected chi connectivity index (χ0v) is 7.43. The third-order valence-corrected chi connectivity index (χ3v) is 1.54. The summed E-state index contributed by atoms with van der Waals surface area (Å²) in [6, 6.07) is 3.57. The molecule has 1 heterocycles. The van der Waals surface area contributed by atoms with Crippen LogP contribution in [0.5, 0.6) is 5.75 Å². The van der Waals surface area contributed by atoms with Gasteiger partial charge in [0.25, 0.3) is 0 Å². The molecular weight excluding hydrogens is 174 g/mol.